The normalized spacial score (nSPS) is 11.9. The number of aromatic nitrogens is 2. The lowest BCUT2D eigenvalue weighted by Crippen LogP contribution is -2.24. The number of halogens is 1. The molecule has 0 unspecified atom stereocenters. The molecule has 0 aliphatic heterocycles. The van der Waals surface area contributed by atoms with Gasteiger partial charge in [0, 0.05) is 4.47 Å². The Kier molecular flexibility index (Phi) is 4.99. The lowest BCUT2D eigenvalue weighted by molar-refractivity contribution is -0.157. The molecule has 2 rings (SSSR count). The van der Waals surface area contributed by atoms with Crippen molar-refractivity contribution in [2.45, 2.75) is 39.6 Å². The van der Waals surface area contributed by atoms with Crippen LogP contribution in [-0.4, -0.2) is 21.3 Å². The summed E-state index contributed by atoms with van der Waals surface area (Å²) >= 11 is 5.11. The third-order valence-corrected chi connectivity index (χ3v) is 4.24. The average molecular weight is 371 g/mol. The minimum atomic E-state index is -0.505. The maximum atomic E-state index is 12.0. The lowest BCUT2D eigenvalue weighted by Gasteiger charge is -2.17. The molecule has 1 aromatic heterocycles. The third-order valence-electron chi connectivity index (χ3n) is 2.89. The van der Waals surface area contributed by atoms with Gasteiger partial charge in [-0.15, -0.1) is 0 Å². The van der Waals surface area contributed by atoms with E-state index in [1.54, 1.807) is 11.8 Å². The van der Waals surface area contributed by atoms with E-state index in [0.29, 0.717) is 0 Å². The van der Waals surface area contributed by atoms with E-state index in [2.05, 4.69) is 27.8 Å². The predicted octanol–water partition coefficient (Wildman–Crippen LogP) is 4.46. The first-order valence-corrected chi connectivity index (χ1v) is 8.56. The van der Waals surface area contributed by atoms with E-state index in [4.69, 9.17) is 4.74 Å². The molecule has 4 nitrogen and oxygen atoms in total. The van der Waals surface area contributed by atoms with Gasteiger partial charge in [-0.05, 0) is 44.7 Å². The molecular formula is C15H19BrN2O2S. The molecule has 2 aromatic rings. The van der Waals surface area contributed by atoms with Crippen molar-refractivity contribution < 1.29 is 9.53 Å². The van der Waals surface area contributed by atoms with Gasteiger partial charge in [-0.25, -0.2) is 4.98 Å². The van der Waals surface area contributed by atoms with Crippen molar-refractivity contribution in [1.82, 2.24) is 9.55 Å². The molecule has 0 aliphatic rings. The van der Waals surface area contributed by atoms with Crippen molar-refractivity contribution in [2.75, 3.05) is 5.75 Å². The maximum Gasteiger partial charge on any atom is 0.312 e. The highest BCUT2D eigenvalue weighted by Crippen LogP contribution is 2.27. The second kappa shape index (κ2) is 6.40. The van der Waals surface area contributed by atoms with Crippen LogP contribution in [0.4, 0.5) is 0 Å². The fourth-order valence-electron chi connectivity index (χ4n) is 1.78. The number of fused-ring (bicyclic) bond motifs is 1. The predicted molar refractivity (Wildman–Crippen MR) is 89.4 cm³/mol. The summed E-state index contributed by atoms with van der Waals surface area (Å²) < 4.78 is 8.36. The van der Waals surface area contributed by atoms with Gasteiger partial charge in [0.1, 0.15) is 0 Å². The van der Waals surface area contributed by atoms with Crippen LogP contribution >= 0.6 is 27.7 Å². The van der Waals surface area contributed by atoms with E-state index in [-0.39, 0.29) is 12.7 Å². The minimum absolute atomic E-state index is 0.186. The molecule has 6 heteroatoms. The highest BCUT2D eigenvalue weighted by atomic mass is 79.9. The quantitative estimate of drug-likeness (QED) is 0.588. The summed E-state index contributed by atoms with van der Waals surface area (Å²) in [5.74, 6) is 0.698. The van der Waals surface area contributed by atoms with E-state index in [1.165, 1.54) is 0 Å². The number of esters is 1. The van der Waals surface area contributed by atoms with E-state index in [0.717, 1.165) is 26.4 Å². The van der Waals surface area contributed by atoms with Gasteiger partial charge < -0.3 is 4.74 Å². The number of imidazole rings is 1. The van der Waals surface area contributed by atoms with Crippen LogP contribution in [0.5, 0.6) is 0 Å². The Labute approximate surface area is 137 Å². The number of thioether (sulfide) groups is 1. The molecule has 0 spiro atoms. The highest BCUT2D eigenvalue weighted by molar-refractivity contribution is 9.10. The first-order valence-electron chi connectivity index (χ1n) is 6.78. The monoisotopic (exact) mass is 370 g/mol. The zero-order chi connectivity index (χ0) is 15.6. The van der Waals surface area contributed by atoms with E-state index < -0.39 is 5.41 Å². The standard InChI is InChI=1S/C15H19BrN2O2S/c1-5-21-14-17-11-7-6-10(16)8-12(11)18(14)9-20-13(19)15(2,3)4/h6-8H,5,9H2,1-4H3. The van der Waals surface area contributed by atoms with Crippen LogP contribution in [0.3, 0.4) is 0 Å². The smallest absolute Gasteiger partial charge is 0.312 e. The zero-order valence-electron chi connectivity index (χ0n) is 12.6. The summed E-state index contributed by atoms with van der Waals surface area (Å²) in [6, 6.07) is 5.91. The van der Waals surface area contributed by atoms with E-state index in [1.807, 2.05) is 43.5 Å². The van der Waals surface area contributed by atoms with Crippen molar-refractivity contribution in [3.63, 3.8) is 0 Å². The Balaban J connectivity index is 2.33. The molecule has 21 heavy (non-hydrogen) atoms. The molecule has 0 fully saturated rings. The van der Waals surface area contributed by atoms with Crippen molar-refractivity contribution in [3.8, 4) is 0 Å². The molecule has 114 valence electrons. The minimum Gasteiger partial charge on any atom is -0.443 e. The topological polar surface area (TPSA) is 44.1 Å². The number of hydrogen-bond acceptors (Lipinski definition) is 4. The Morgan fingerprint density at radius 1 is 1.43 bits per heavy atom. The number of hydrogen-bond donors (Lipinski definition) is 0. The number of carbonyl (C=O) groups excluding carboxylic acids is 1. The number of ether oxygens (including phenoxy) is 1. The molecule has 1 heterocycles. The largest absolute Gasteiger partial charge is 0.443 e. The SMILES string of the molecule is CCSc1nc2ccc(Br)cc2n1COC(=O)C(C)(C)C. The first-order chi connectivity index (χ1) is 9.82. The molecule has 0 radical (unpaired) electrons. The second-order valence-electron chi connectivity index (χ2n) is 5.70. The summed E-state index contributed by atoms with van der Waals surface area (Å²) in [6.07, 6.45) is 0. The summed E-state index contributed by atoms with van der Waals surface area (Å²) in [7, 11) is 0. The van der Waals surface area contributed by atoms with Crippen LogP contribution in [0.2, 0.25) is 0 Å². The van der Waals surface area contributed by atoms with Gasteiger partial charge in [-0.1, -0.05) is 34.6 Å². The van der Waals surface area contributed by atoms with Crippen LogP contribution < -0.4 is 0 Å². The van der Waals surface area contributed by atoms with Crippen LogP contribution in [0.15, 0.2) is 27.8 Å². The van der Waals surface area contributed by atoms with Gasteiger partial charge in [-0.2, -0.15) is 0 Å². The number of rotatable bonds is 4. The fraction of sp³-hybridized carbons (Fsp3) is 0.467. The van der Waals surface area contributed by atoms with Crippen molar-refractivity contribution in [1.29, 1.82) is 0 Å². The second-order valence-corrected chi connectivity index (χ2v) is 7.85. The molecule has 0 amide bonds. The Hall–Kier alpha value is -1.01. The molecule has 0 saturated carbocycles. The number of nitrogens with zero attached hydrogens (tertiary/aromatic N) is 2. The number of benzene rings is 1. The van der Waals surface area contributed by atoms with Gasteiger partial charge >= 0.3 is 5.97 Å². The van der Waals surface area contributed by atoms with Gasteiger partial charge in [0.05, 0.1) is 16.4 Å². The van der Waals surface area contributed by atoms with Gasteiger partial charge in [0.25, 0.3) is 0 Å². The molecule has 0 saturated heterocycles. The summed E-state index contributed by atoms with van der Waals surface area (Å²) in [4.78, 5) is 16.6. The zero-order valence-corrected chi connectivity index (χ0v) is 15.0. The van der Waals surface area contributed by atoms with Crippen molar-refractivity contribution in [3.05, 3.63) is 22.7 Å². The molecule has 0 atom stereocenters. The third kappa shape index (κ3) is 3.80. The summed E-state index contributed by atoms with van der Waals surface area (Å²) in [5, 5.41) is 0.868. The van der Waals surface area contributed by atoms with Gasteiger partial charge in [-0.3, -0.25) is 9.36 Å². The lowest BCUT2D eigenvalue weighted by atomic mass is 9.98. The van der Waals surface area contributed by atoms with Gasteiger partial charge in [0.15, 0.2) is 11.9 Å². The van der Waals surface area contributed by atoms with Crippen LogP contribution in [-0.2, 0) is 16.3 Å². The van der Waals surface area contributed by atoms with Gasteiger partial charge in [0.2, 0.25) is 0 Å². The molecule has 0 aliphatic carbocycles. The van der Waals surface area contributed by atoms with Crippen molar-refractivity contribution >= 4 is 44.7 Å². The molecule has 1 aromatic carbocycles. The Morgan fingerprint density at radius 3 is 2.76 bits per heavy atom. The molecular weight excluding hydrogens is 352 g/mol. The molecule has 0 N–H and O–H groups in total. The maximum absolute atomic E-state index is 12.0. The average Bonchev–Trinajstić information content (AvgIpc) is 2.72. The van der Waals surface area contributed by atoms with Crippen LogP contribution in [0, 0.1) is 5.41 Å². The van der Waals surface area contributed by atoms with Crippen LogP contribution in [0.25, 0.3) is 11.0 Å². The summed E-state index contributed by atoms with van der Waals surface area (Å²) in [6.45, 7) is 7.80. The van der Waals surface area contributed by atoms with E-state index in [9.17, 15) is 4.79 Å². The first kappa shape index (κ1) is 16.4. The summed E-state index contributed by atoms with van der Waals surface area (Å²) in [5.41, 5.74) is 1.36. The highest BCUT2D eigenvalue weighted by Gasteiger charge is 2.23. The fourth-order valence-corrected chi connectivity index (χ4v) is 2.85. The van der Waals surface area contributed by atoms with Crippen molar-refractivity contribution in [2.24, 2.45) is 5.41 Å². The Morgan fingerprint density at radius 2 is 2.14 bits per heavy atom. The van der Waals surface area contributed by atoms with E-state index >= 15 is 0 Å². The molecule has 0 bridgehead atoms. The Bertz CT molecular complexity index is 661. The number of carbonyl (C=O) groups is 1. The van der Waals surface area contributed by atoms with Crippen LogP contribution in [0.1, 0.15) is 27.7 Å².